The third-order valence-corrected chi connectivity index (χ3v) is 4.24. The molecule has 1 amide bonds. The number of nitrogens with one attached hydrogen (secondary N) is 1. The zero-order valence-electron chi connectivity index (χ0n) is 12.4. The summed E-state index contributed by atoms with van der Waals surface area (Å²) >= 11 is 5.96. The van der Waals surface area contributed by atoms with Gasteiger partial charge in [-0.3, -0.25) is 4.79 Å². The molecule has 1 unspecified atom stereocenters. The molecule has 0 radical (unpaired) electrons. The van der Waals surface area contributed by atoms with Crippen LogP contribution in [0.3, 0.4) is 0 Å². The number of aromatic nitrogens is 1. The highest BCUT2D eigenvalue weighted by Gasteiger charge is 2.17. The molecular weight excluding hydrogens is 288 g/mol. The van der Waals surface area contributed by atoms with Gasteiger partial charge in [0.1, 0.15) is 11.5 Å². The van der Waals surface area contributed by atoms with E-state index >= 15 is 0 Å². The summed E-state index contributed by atoms with van der Waals surface area (Å²) in [6.45, 7) is 5.07. The molecule has 0 aromatic carbocycles. The van der Waals surface area contributed by atoms with Crippen LogP contribution in [0, 0.1) is 0 Å². The van der Waals surface area contributed by atoms with Crippen LogP contribution in [0.2, 0.25) is 5.02 Å². The van der Waals surface area contributed by atoms with Crippen LogP contribution in [0.4, 0.5) is 5.82 Å². The third-order valence-electron chi connectivity index (χ3n) is 3.93. The fourth-order valence-corrected chi connectivity index (χ4v) is 2.87. The molecule has 1 atom stereocenters. The van der Waals surface area contributed by atoms with E-state index in [1.807, 2.05) is 0 Å². The van der Waals surface area contributed by atoms with E-state index in [0.717, 1.165) is 19.5 Å². The zero-order valence-corrected chi connectivity index (χ0v) is 13.2. The van der Waals surface area contributed by atoms with Crippen LogP contribution >= 0.6 is 11.6 Å². The number of nitrogens with zero attached hydrogens (tertiary/aromatic N) is 2. The van der Waals surface area contributed by atoms with Crippen LogP contribution in [-0.2, 0) is 0 Å². The van der Waals surface area contributed by atoms with Crippen molar-refractivity contribution in [2.75, 3.05) is 25.4 Å². The van der Waals surface area contributed by atoms with Crippen LogP contribution in [0.1, 0.15) is 43.1 Å². The fourth-order valence-electron chi connectivity index (χ4n) is 2.67. The minimum absolute atomic E-state index is 0.197. The Morgan fingerprint density at radius 3 is 3.10 bits per heavy atom. The minimum Gasteiger partial charge on any atom is -0.384 e. The molecule has 1 aromatic heterocycles. The molecular formula is C15H23ClN4O. The molecule has 3 N–H and O–H groups in total. The fraction of sp³-hybridized carbons (Fsp3) is 0.600. The van der Waals surface area contributed by atoms with E-state index in [-0.39, 0.29) is 11.6 Å². The molecule has 21 heavy (non-hydrogen) atoms. The lowest BCUT2D eigenvalue weighted by molar-refractivity contribution is 0.0944. The van der Waals surface area contributed by atoms with Gasteiger partial charge in [-0.1, -0.05) is 18.0 Å². The van der Waals surface area contributed by atoms with Gasteiger partial charge in [-0.05, 0) is 44.9 Å². The van der Waals surface area contributed by atoms with Crippen molar-refractivity contribution >= 4 is 23.3 Å². The van der Waals surface area contributed by atoms with E-state index in [1.54, 1.807) is 12.1 Å². The van der Waals surface area contributed by atoms with Crippen molar-refractivity contribution < 1.29 is 4.79 Å². The van der Waals surface area contributed by atoms with Crippen molar-refractivity contribution in [1.82, 2.24) is 15.2 Å². The lowest BCUT2D eigenvalue weighted by atomic mass is 10.0. The largest absolute Gasteiger partial charge is 0.384 e. The van der Waals surface area contributed by atoms with E-state index in [4.69, 9.17) is 17.3 Å². The van der Waals surface area contributed by atoms with Crippen molar-refractivity contribution in [3.63, 3.8) is 0 Å². The Kier molecular flexibility index (Phi) is 5.82. The summed E-state index contributed by atoms with van der Waals surface area (Å²) in [5, 5.41) is 3.18. The molecule has 2 rings (SSSR count). The van der Waals surface area contributed by atoms with E-state index in [2.05, 4.69) is 22.1 Å². The van der Waals surface area contributed by atoms with Gasteiger partial charge >= 0.3 is 0 Å². The first-order chi connectivity index (χ1) is 10.1. The van der Waals surface area contributed by atoms with Gasteiger partial charge in [-0.25, -0.2) is 4.98 Å². The molecule has 2 heterocycles. The van der Waals surface area contributed by atoms with Gasteiger partial charge in [0, 0.05) is 19.1 Å². The number of carbonyl (C=O) groups is 1. The van der Waals surface area contributed by atoms with Crippen LogP contribution < -0.4 is 11.1 Å². The summed E-state index contributed by atoms with van der Waals surface area (Å²) in [5.41, 5.74) is 5.77. The molecule has 0 spiro atoms. The molecule has 6 heteroatoms. The Balaban J connectivity index is 1.75. The summed E-state index contributed by atoms with van der Waals surface area (Å²) < 4.78 is 0. The second kappa shape index (κ2) is 7.61. The number of nitrogen functional groups attached to an aromatic ring is 1. The van der Waals surface area contributed by atoms with Gasteiger partial charge in [-0.15, -0.1) is 0 Å². The van der Waals surface area contributed by atoms with Crippen molar-refractivity contribution in [3.05, 3.63) is 22.8 Å². The Morgan fingerprint density at radius 2 is 2.33 bits per heavy atom. The highest BCUT2D eigenvalue weighted by molar-refractivity contribution is 6.33. The maximum atomic E-state index is 12.0. The van der Waals surface area contributed by atoms with Gasteiger partial charge in [-0.2, -0.15) is 0 Å². The summed E-state index contributed by atoms with van der Waals surface area (Å²) in [5.74, 6) is 0.0330. The Labute approximate surface area is 130 Å². The number of pyridine rings is 1. The molecule has 1 aliphatic rings. The molecule has 1 aliphatic heterocycles. The van der Waals surface area contributed by atoms with Gasteiger partial charge in [0.2, 0.25) is 0 Å². The molecule has 5 nitrogen and oxygen atoms in total. The average Bonchev–Trinajstić information content (AvgIpc) is 2.47. The maximum absolute atomic E-state index is 12.0. The van der Waals surface area contributed by atoms with Gasteiger partial charge in [0.25, 0.3) is 5.91 Å². The number of nitrogens with two attached hydrogens (primary N) is 1. The van der Waals surface area contributed by atoms with E-state index < -0.39 is 0 Å². The number of carbonyl (C=O) groups excluding carboxylic acids is 1. The van der Waals surface area contributed by atoms with Crippen molar-refractivity contribution in [2.45, 2.75) is 38.6 Å². The lowest BCUT2D eigenvalue weighted by Gasteiger charge is -2.33. The molecule has 116 valence electrons. The number of likely N-dealkylation sites (tertiary alicyclic amines) is 1. The summed E-state index contributed by atoms with van der Waals surface area (Å²) in [7, 11) is 0. The van der Waals surface area contributed by atoms with Crippen LogP contribution in [-0.4, -0.2) is 41.5 Å². The van der Waals surface area contributed by atoms with E-state index in [9.17, 15) is 4.79 Å². The van der Waals surface area contributed by atoms with Gasteiger partial charge < -0.3 is 16.0 Å². The Morgan fingerprint density at radius 1 is 1.52 bits per heavy atom. The van der Waals surface area contributed by atoms with Crippen molar-refractivity contribution in [2.24, 2.45) is 0 Å². The second-order valence-corrected chi connectivity index (χ2v) is 5.96. The minimum atomic E-state index is -0.265. The standard InChI is InChI=1S/C15H23ClN4O/c1-11-5-2-3-9-20(11)10-4-8-18-15(21)14-12(16)6-7-13(17)19-14/h6-7,11H,2-5,8-10H2,1H3,(H2,17,19)(H,18,21). The van der Waals surface area contributed by atoms with Gasteiger partial charge in [0.05, 0.1) is 5.02 Å². The molecule has 1 saturated heterocycles. The summed E-state index contributed by atoms with van der Waals surface area (Å²) in [4.78, 5) is 18.5. The molecule has 1 fully saturated rings. The first kappa shape index (κ1) is 16.0. The predicted octanol–water partition coefficient (Wildman–Crippen LogP) is 2.31. The summed E-state index contributed by atoms with van der Waals surface area (Å²) in [6.07, 6.45) is 4.80. The third kappa shape index (κ3) is 4.58. The van der Waals surface area contributed by atoms with Crippen LogP contribution in [0.15, 0.2) is 12.1 Å². The first-order valence-electron chi connectivity index (χ1n) is 7.52. The normalized spacial score (nSPS) is 19.4. The second-order valence-electron chi connectivity index (χ2n) is 5.56. The highest BCUT2D eigenvalue weighted by atomic mass is 35.5. The van der Waals surface area contributed by atoms with Crippen molar-refractivity contribution in [1.29, 1.82) is 0 Å². The Bertz CT molecular complexity index is 495. The molecule has 0 aliphatic carbocycles. The number of hydrogen-bond donors (Lipinski definition) is 2. The van der Waals surface area contributed by atoms with Gasteiger partial charge in [0.15, 0.2) is 0 Å². The summed E-state index contributed by atoms with van der Waals surface area (Å²) in [6, 6.07) is 3.82. The smallest absolute Gasteiger partial charge is 0.271 e. The number of halogens is 1. The molecule has 0 bridgehead atoms. The SMILES string of the molecule is CC1CCCCN1CCCNC(=O)c1nc(N)ccc1Cl. The molecule has 1 aromatic rings. The monoisotopic (exact) mass is 310 g/mol. The number of anilines is 1. The van der Waals surface area contributed by atoms with E-state index in [1.165, 1.54) is 19.3 Å². The average molecular weight is 311 g/mol. The number of rotatable bonds is 5. The van der Waals surface area contributed by atoms with Crippen molar-refractivity contribution in [3.8, 4) is 0 Å². The molecule has 0 saturated carbocycles. The Hall–Kier alpha value is -1.33. The number of amides is 1. The first-order valence-corrected chi connectivity index (χ1v) is 7.90. The highest BCUT2D eigenvalue weighted by Crippen LogP contribution is 2.16. The quantitative estimate of drug-likeness (QED) is 0.819. The van der Waals surface area contributed by atoms with Crippen LogP contribution in [0.5, 0.6) is 0 Å². The zero-order chi connectivity index (χ0) is 15.2. The number of hydrogen-bond acceptors (Lipinski definition) is 4. The number of piperidine rings is 1. The van der Waals surface area contributed by atoms with E-state index in [0.29, 0.717) is 23.4 Å². The van der Waals surface area contributed by atoms with Crippen LogP contribution in [0.25, 0.3) is 0 Å². The lowest BCUT2D eigenvalue weighted by Crippen LogP contribution is -2.39. The predicted molar refractivity (Wildman–Crippen MR) is 85.5 cm³/mol. The maximum Gasteiger partial charge on any atom is 0.271 e. The topological polar surface area (TPSA) is 71.2 Å².